The first-order valence-corrected chi connectivity index (χ1v) is 11.6. The lowest BCUT2D eigenvalue weighted by atomic mass is 10.1. The normalized spacial score (nSPS) is 23.9. The molecule has 1 aromatic rings. The fourth-order valence-corrected chi connectivity index (χ4v) is 5.16. The summed E-state index contributed by atoms with van der Waals surface area (Å²) in [7, 11) is 0. The van der Waals surface area contributed by atoms with E-state index in [-0.39, 0.29) is 0 Å². The predicted molar refractivity (Wildman–Crippen MR) is 126 cm³/mol. The maximum Gasteiger partial charge on any atom is 0.316 e. The van der Waals surface area contributed by atoms with E-state index in [4.69, 9.17) is 10.5 Å². The molecule has 0 aromatic heterocycles. The third-order valence-electron chi connectivity index (χ3n) is 6.81. The number of quaternary nitrogens is 1. The minimum absolute atomic E-state index is 0.523. The number of nitrogens with two attached hydrogens (primary N) is 1. The zero-order valence-corrected chi connectivity index (χ0v) is 18.5. The maximum absolute atomic E-state index is 11.3. The molecule has 4 aliphatic rings. The third-order valence-corrected chi connectivity index (χ3v) is 6.81. The first-order valence-electron chi connectivity index (χ1n) is 11.6. The molecule has 3 N–H and O–H groups in total. The Morgan fingerprint density at radius 1 is 1.16 bits per heavy atom. The van der Waals surface area contributed by atoms with Crippen molar-refractivity contribution >= 4 is 11.7 Å². The first-order chi connectivity index (χ1) is 15.6. The van der Waals surface area contributed by atoms with Crippen molar-refractivity contribution in [3.63, 3.8) is 0 Å². The van der Waals surface area contributed by atoms with E-state index in [0.717, 1.165) is 76.6 Å². The number of nitrogens with zero attached hydrogens (tertiary/aromatic N) is 3. The van der Waals surface area contributed by atoms with Gasteiger partial charge in [0.05, 0.1) is 18.8 Å². The second-order valence-electron chi connectivity index (χ2n) is 8.90. The first kappa shape index (κ1) is 20.8. The number of urea groups is 1. The summed E-state index contributed by atoms with van der Waals surface area (Å²) in [5.41, 5.74) is 9.86. The van der Waals surface area contributed by atoms with Crippen LogP contribution in [0.1, 0.15) is 18.4 Å². The van der Waals surface area contributed by atoms with E-state index < -0.39 is 6.03 Å². The molecule has 32 heavy (non-hydrogen) atoms. The number of para-hydroxylation sites is 1. The number of nitrogens with one attached hydrogen (secondary N) is 1. The van der Waals surface area contributed by atoms with Gasteiger partial charge in [-0.1, -0.05) is 18.2 Å². The number of ether oxygens (including phenoxy) is 1. The van der Waals surface area contributed by atoms with E-state index in [2.05, 4.69) is 57.9 Å². The highest BCUT2D eigenvalue weighted by Gasteiger charge is 2.34. The van der Waals surface area contributed by atoms with Gasteiger partial charge in [0.25, 0.3) is 0 Å². The van der Waals surface area contributed by atoms with E-state index in [1.165, 1.54) is 16.9 Å². The van der Waals surface area contributed by atoms with Gasteiger partial charge in [0.2, 0.25) is 0 Å². The van der Waals surface area contributed by atoms with Gasteiger partial charge in [-0.15, -0.1) is 0 Å². The number of hydrogen-bond acceptors (Lipinski definition) is 4. The zero-order valence-electron chi connectivity index (χ0n) is 18.5. The molecule has 1 saturated heterocycles. The number of piperazine rings is 1. The Morgan fingerprint density at radius 2 is 2.03 bits per heavy atom. The van der Waals surface area contributed by atoms with Crippen molar-refractivity contribution in [2.24, 2.45) is 5.73 Å². The summed E-state index contributed by atoms with van der Waals surface area (Å²) in [5.74, 6) is 1.10. The van der Waals surface area contributed by atoms with Crippen molar-refractivity contribution in [3.8, 4) is 5.75 Å². The van der Waals surface area contributed by atoms with Crippen molar-refractivity contribution in [2.45, 2.75) is 19.3 Å². The summed E-state index contributed by atoms with van der Waals surface area (Å²) in [4.78, 5) is 16.3. The molecule has 7 heteroatoms. The van der Waals surface area contributed by atoms with Crippen LogP contribution in [0.2, 0.25) is 0 Å². The predicted octanol–water partition coefficient (Wildman–Crippen LogP) is 2.83. The summed E-state index contributed by atoms with van der Waals surface area (Å²) in [5, 5.41) is 2.72. The van der Waals surface area contributed by atoms with Crippen molar-refractivity contribution in [2.75, 3.05) is 50.8 Å². The van der Waals surface area contributed by atoms with Gasteiger partial charge in [-0.25, -0.2) is 9.28 Å². The van der Waals surface area contributed by atoms with E-state index in [0.29, 0.717) is 4.48 Å². The average molecular weight is 435 g/mol. The van der Waals surface area contributed by atoms with Crippen LogP contribution in [0.4, 0.5) is 10.5 Å². The molecule has 1 fully saturated rings. The maximum atomic E-state index is 11.3. The Hall–Kier alpha value is -3.03. The Kier molecular flexibility index (Phi) is 5.76. The molecule has 1 aromatic carbocycles. The molecule has 4 aliphatic heterocycles. The molecule has 1 unspecified atom stereocenters. The zero-order chi connectivity index (χ0) is 22.0. The minimum Gasteiger partial charge on any atom is -0.491 e. The highest BCUT2D eigenvalue weighted by Crippen LogP contribution is 2.36. The van der Waals surface area contributed by atoms with E-state index in [9.17, 15) is 4.79 Å². The molecular formula is C25H32N5O2+. The van der Waals surface area contributed by atoms with Crippen molar-refractivity contribution in [3.05, 3.63) is 71.9 Å². The number of unbranched alkanes of at least 4 members (excludes halogenated alkanes) is 1. The van der Waals surface area contributed by atoms with Crippen LogP contribution < -0.4 is 20.7 Å². The largest absolute Gasteiger partial charge is 0.491 e. The number of primary amides is 1. The van der Waals surface area contributed by atoms with Gasteiger partial charge >= 0.3 is 6.03 Å². The van der Waals surface area contributed by atoms with E-state index in [1.807, 2.05) is 12.2 Å². The van der Waals surface area contributed by atoms with Crippen molar-refractivity contribution in [1.29, 1.82) is 0 Å². The van der Waals surface area contributed by atoms with Crippen molar-refractivity contribution in [1.82, 2.24) is 10.2 Å². The summed E-state index contributed by atoms with van der Waals surface area (Å²) >= 11 is 0. The standard InChI is InChI=1S/C25H31N5O2/c26-25(31)27-21-18-22-7-1-3-15-30(22,19-21)16-4-2-10-28-11-13-29(14-12-28)23-8-5-6-20-9-17-32-24(20)23/h1,3,5-8,15,18-19H,2,4,9-14,16-17H2,(H2-,26,27,31)/p+1. The monoisotopic (exact) mass is 434 g/mol. The van der Waals surface area contributed by atoms with E-state index >= 15 is 0 Å². The molecule has 0 bridgehead atoms. The number of anilines is 1. The number of benzene rings is 1. The molecule has 0 aliphatic carbocycles. The second kappa shape index (κ2) is 8.84. The smallest absolute Gasteiger partial charge is 0.316 e. The van der Waals surface area contributed by atoms with Gasteiger partial charge in [0.15, 0.2) is 0 Å². The Labute approximate surface area is 189 Å². The molecule has 4 heterocycles. The van der Waals surface area contributed by atoms with E-state index in [1.54, 1.807) is 0 Å². The molecule has 0 radical (unpaired) electrons. The van der Waals surface area contributed by atoms with Crippen LogP contribution in [0.15, 0.2) is 66.3 Å². The lowest BCUT2D eigenvalue weighted by Crippen LogP contribution is -2.46. The van der Waals surface area contributed by atoms with Gasteiger partial charge in [-0.2, -0.15) is 0 Å². The van der Waals surface area contributed by atoms with Crippen LogP contribution in [-0.2, 0) is 6.42 Å². The average Bonchev–Trinajstić information content (AvgIpc) is 3.41. The van der Waals surface area contributed by atoms with Crippen LogP contribution in [0, 0.1) is 0 Å². The number of allylic oxidation sites excluding steroid dienone is 4. The molecule has 0 spiro atoms. The SMILES string of the molecule is NC(=O)NC1=C[N+]2(CCCCN3CCN(c4cccc5c4OCC5)CC3)C=CC=CC2=C1. The highest BCUT2D eigenvalue weighted by atomic mass is 16.5. The molecule has 5 rings (SSSR count). The molecule has 2 amide bonds. The van der Waals surface area contributed by atoms with Gasteiger partial charge in [0, 0.05) is 44.8 Å². The lowest BCUT2D eigenvalue weighted by molar-refractivity contribution is -0.783. The highest BCUT2D eigenvalue weighted by molar-refractivity contribution is 5.74. The fourth-order valence-electron chi connectivity index (χ4n) is 5.16. The number of amides is 2. The van der Waals surface area contributed by atoms with Crippen molar-refractivity contribution < 1.29 is 14.0 Å². The number of carbonyl (C=O) groups is 1. The molecule has 0 saturated carbocycles. The topological polar surface area (TPSA) is 70.8 Å². The van der Waals surface area contributed by atoms with Crippen LogP contribution in [-0.4, -0.2) is 61.3 Å². The third kappa shape index (κ3) is 4.18. The lowest BCUT2D eigenvalue weighted by Gasteiger charge is -2.37. The van der Waals surface area contributed by atoms with Gasteiger partial charge in [-0.3, -0.25) is 4.90 Å². The summed E-state index contributed by atoms with van der Waals surface area (Å²) in [6.07, 6.45) is 15.8. The van der Waals surface area contributed by atoms with Crippen LogP contribution in [0.3, 0.4) is 0 Å². The van der Waals surface area contributed by atoms with Gasteiger partial charge < -0.3 is 20.7 Å². The van der Waals surface area contributed by atoms with Crippen LogP contribution in [0.5, 0.6) is 5.75 Å². The Morgan fingerprint density at radius 3 is 2.88 bits per heavy atom. The Balaban J connectivity index is 1.10. The number of rotatable bonds is 7. The van der Waals surface area contributed by atoms with Crippen LogP contribution >= 0.6 is 0 Å². The Bertz CT molecular complexity index is 1000. The summed E-state index contributed by atoms with van der Waals surface area (Å²) < 4.78 is 6.55. The molecular weight excluding hydrogens is 402 g/mol. The number of carbonyl (C=O) groups excluding carboxylic acids is 1. The fraction of sp³-hybridized carbons (Fsp3) is 0.400. The number of fused-ring (bicyclic) bond motifs is 2. The van der Waals surface area contributed by atoms with Gasteiger partial charge in [0.1, 0.15) is 29.5 Å². The van der Waals surface area contributed by atoms with Crippen LogP contribution in [0.25, 0.3) is 0 Å². The molecule has 168 valence electrons. The second-order valence-corrected chi connectivity index (χ2v) is 8.90. The van der Waals surface area contributed by atoms with Gasteiger partial charge in [-0.05, 0) is 37.1 Å². The quantitative estimate of drug-likeness (QED) is 0.511. The molecule has 7 nitrogen and oxygen atoms in total. The minimum atomic E-state index is -0.523. The number of hydrogen-bond donors (Lipinski definition) is 2. The molecule has 1 atom stereocenters. The summed E-state index contributed by atoms with van der Waals surface area (Å²) in [6.45, 7) is 7.17. The summed E-state index contributed by atoms with van der Waals surface area (Å²) in [6, 6.07) is 6.02.